The van der Waals surface area contributed by atoms with Gasteiger partial charge in [0.15, 0.2) is 0 Å². The topological polar surface area (TPSA) is 86.0 Å². The molecular formula is C21H18F4N4O3. The van der Waals surface area contributed by atoms with Gasteiger partial charge >= 0.3 is 11.9 Å². The number of alkyl halides is 3. The maximum atomic E-state index is 14.1. The third-order valence-electron chi connectivity index (χ3n) is 4.51. The second kappa shape index (κ2) is 9.16. The van der Waals surface area contributed by atoms with Gasteiger partial charge < -0.3 is 5.32 Å². The molecule has 0 radical (unpaired) electrons. The third kappa shape index (κ3) is 4.76. The Hall–Kier alpha value is -3.76. The van der Waals surface area contributed by atoms with Crippen molar-refractivity contribution in [2.24, 2.45) is 0 Å². The fourth-order valence-electron chi connectivity index (χ4n) is 2.90. The molecule has 3 aromatic rings. The smallest absolute Gasteiger partial charge is 0.350 e. The Balaban J connectivity index is 2.24. The summed E-state index contributed by atoms with van der Waals surface area (Å²) in [5.41, 5.74) is -4.29. The highest BCUT2D eigenvalue weighted by molar-refractivity contribution is 5.91. The maximum Gasteiger partial charge on any atom is 0.416 e. The van der Waals surface area contributed by atoms with E-state index in [0.717, 1.165) is 18.2 Å². The number of carbonyl (C=O) groups is 1. The summed E-state index contributed by atoms with van der Waals surface area (Å²) in [4.78, 5) is 38.3. The van der Waals surface area contributed by atoms with Crippen LogP contribution in [0, 0.1) is 5.82 Å². The van der Waals surface area contributed by atoms with Gasteiger partial charge in [0.1, 0.15) is 5.82 Å². The van der Waals surface area contributed by atoms with Gasteiger partial charge in [-0.15, -0.1) is 0 Å². The molecule has 0 saturated carbocycles. The molecule has 0 aliphatic carbocycles. The van der Waals surface area contributed by atoms with E-state index < -0.39 is 47.0 Å². The van der Waals surface area contributed by atoms with Crippen molar-refractivity contribution in [3.63, 3.8) is 0 Å². The Kier molecular flexibility index (Phi) is 6.56. The number of rotatable bonds is 6. The fourth-order valence-corrected chi connectivity index (χ4v) is 2.90. The Morgan fingerprint density at radius 1 is 1.09 bits per heavy atom. The Morgan fingerprint density at radius 3 is 2.47 bits per heavy atom. The first-order chi connectivity index (χ1) is 15.1. The van der Waals surface area contributed by atoms with Gasteiger partial charge in [0.2, 0.25) is 5.69 Å². The van der Waals surface area contributed by atoms with Gasteiger partial charge in [-0.1, -0.05) is 31.2 Å². The van der Waals surface area contributed by atoms with Crippen molar-refractivity contribution < 1.29 is 22.4 Å². The second-order valence-corrected chi connectivity index (χ2v) is 6.83. The van der Waals surface area contributed by atoms with Crippen LogP contribution >= 0.6 is 0 Å². The molecule has 1 heterocycles. The van der Waals surface area contributed by atoms with Crippen LogP contribution < -0.4 is 16.6 Å². The quantitative estimate of drug-likeness (QED) is 0.586. The van der Waals surface area contributed by atoms with E-state index in [1.807, 2.05) is 0 Å². The van der Waals surface area contributed by atoms with Crippen molar-refractivity contribution in [2.45, 2.75) is 26.1 Å². The average Bonchev–Trinajstić information content (AvgIpc) is 2.76. The number of benzene rings is 2. The summed E-state index contributed by atoms with van der Waals surface area (Å²) >= 11 is 0. The second-order valence-electron chi connectivity index (χ2n) is 6.83. The van der Waals surface area contributed by atoms with E-state index in [1.54, 1.807) is 6.92 Å². The van der Waals surface area contributed by atoms with Crippen LogP contribution in [0.2, 0.25) is 0 Å². The highest BCUT2D eigenvalue weighted by atomic mass is 19.4. The van der Waals surface area contributed by atoms with Crippen LogP contribution in [-0.2, 0) is 12.7 Å². The zero-order chi connectivity index (χ0) is 23.5. The van der Waals surface area contributed by atoms with Crippen LogP contribution in [0.25, 0.3) is 5.69 Å². The van der Waals surface area contributed by atoms with E-state index in [-0.39, 0.29) is 17.8 Å². The average molecular weight is 450 g/mol. The minimum atomic E-state index is -4.69. The van der Waals surface area contributed by atoms with E-state index in [0.29, 0.717) is 21.7 Å². The summed E-state index contributed by atoms with van der Waals surface area (Å²) in [6.07, 6.45) is -4.15. The predicted octanol–water partition coefficient (Wildman–Crippen LogP) is 2.74. The molecule has 0 aliphatic rings. The van der Waals surface area contributed by atoms with E-state index in [2.05, 4.69) is 10.4 Å². The van der Waals surface area contributed by atoms with Gasteiger partial charge in [0, 0.05) is 12.1 Å². The molecule has 11 heteroatoms. The van der Waals surface area contributed by atoms with Crippen molar-refractivity contribution >= 4 is 5.91 Å². The van der Waals surface area contributed by atoms with Gasteiger partial charge in [-0.25, -0.2) is 9.18 Å². The minimum Gasteiger partial charge on any atom is -0.350 e. The van der Waals surface area contributed by atoms with E-state index in [4.69, 9.17) is 0 Å². The number of nitrogens with zero attached hydrogens (tertiary/aromatic N) is 3. The van der Waals surface area contributed by atoms with Crippen molar-refractivity contribution in [1.29, 1.82) is 0 Å². The lowest BCUT2D eigenvalue weighted by Crippen LogP contribution is -2.46. The van der Waals surface area contributed by atoms with E-state index in [9.17, 15) is 31.9 Å². The zero-order valence-corrected chi connectivity index (χ0v) is 16.8. The highest BCUT2D eigenvalue weighted by Gasteiger charge is 2.31. The van der Waals surface area contributed by atoms with E-state index in [1.165, 1.54) is 24.3 Å². The minimum absolute atomic E-state index is 0.0200. The van der Waals surface area contributed by atoms with Gasteiger partial charge in [0.25, 0.3) is 11.5 Å². The molecule has 0 spiro atoms. The number of hydrogen-bond acceptors (Lipinski definition) is 4. The lowest BCUT2D eigenvalue weighted by molar-refractivity contribution is -0.137. The van der Waals surface area contributed by atoms with Crippen molar-refractivity contribution in [2.75, 3.05) is 6.54 Å². The molecular weight excluding hydrogens is 432 g/mol. The van der Waals surface area contributed by atoms with Crippen LogP contribution in [0.4, 0.5) is 17.6 Å². The maximum absolute atomic E-state index is 14.1. The number of hydrogen-bond donors (Lipinski definition) is 1. The molecule has 7 nitrogen and oxygen atoms in total. The molecule has 32 heavy (non-hydrogen) atoms. The zero-order valence-electron chi connectivity index (χ0n) is 16.8. The molecule has 0 saturated heterocycles. The largest absolute Gasteiger partial charge is 0.416 e. The molecule has 1 amide bonds. The van der Waals surface area contributed by atoms with Crippen LogP contribution in [0.15, 0.2) is 58.1 Å². The highest BCUT2D eigenvalue weighted by Crippen LogP contribution is 2.29. The number of aromatic nitrogens is 3. The first-order valence-electron chi connectivity index (χ1n) is 9.57. The van der Waals surface area contributed by atoms with Crippen molar-refractivity contribution in [1.82, 2.24) is 19.7 Å². The first kappa shape index (κ1) is 22.9. The molecule has 0 unspecified atom stereocenters. The molecule has 0 atom stereocenters. The summed E-state index contributed by atoms with van der Waals surface area (Å²) in [6.45, 7) is 1.43. The Bertz CT molecular complexity index is 1260. The van der Waals surface area contributed by atoms with E-state index >= 15 is 0 Å². The van der Waals surface area contributed by atoms with Gasteiger partial charge in [-0.2, -0.15) is 23.0 Å². The summed E-state index contributed by atoms with van der Waals surface area (Å²) in [5.74, 6) is -1.60. The predicted molar refractivity (Wildman–Crippen MR) is 107 cm³/mol. The summed E-state index contributed by atoms with van der Waals surface area (Å²) < 4.78 is 54.6. The van der Waals surface area contributed by atoms with Gasteiger partial charge in [-0.3, -0.25) is 14.2 Å². The molecule has 168 valence electrons. The molecule has 1 aromatic heterocycles. The third-order valence-corrected chi connectivity index (χ3v) is 4.51. The van der Waals surface area contributed by atoms with Crippen LogP contribution in [0.1, 0.15) is 35.0 Å². The number of carbonyl (C=O) groups excluding carboxylic acids is 1. The number of halogens is 4. The molecule has 3 rings (SSSR count). The summed E-state index contributed by atoms with van der Waals surface area (Å²) in [7, 11) is 0. The standard InChI is InChI=1S/C21H18F4N4O3/c1-2-10-26-18(30)17-19(31)28(12-13-6-3-4-9-16(13)22)20(32)29(27-17)15-8-5-7-14(11-15)21(23,24)25/h3-9,11H,2,10,12H2,1H3,(H,26,30). The van der Waals surface area contributed by atoms with Crippen LogP contribution in [0.5, 0.6) is 0 Å². The van der Waals surface area contributed by atoms with Gasteiger partial charge in [-0.05, 0) is 30.7 Å². The van der Waals surface area contributed by atoms with Crippen LogP contribution in [-0.4, -0.2) is 26.8 Å². The normalized spacial score (nSPS) is 11.4. The van der Waals surface area contributed by atoms with Crippen molar-refractivity contribution in [3.05, 3.63) is 92.0 Å². The summed E-state index contributed by atoms with van der Waals surface area (Å²) in [5, 5.41) is 6.18. The van der Waals surface area contributed by atoms with Gasteiger partial charge in [0.05, 0.1) is 17.8 Å². The number of amides is 1. The molecule has 0 bridgehead atoms. The SMILES string of the molecule is CCCNC(=O)c1nn(-c2cccc(C(F)(F)F)c2)c(=O)n(Cc2ccccc2F)c1=O. The fraction of sp³-hybridized carbons (Fsp3) is 0.238. The summed E-state index contributed by atoms with van der Waals surface area (Å²) in [6, 6.07) is 9.09. The number of nitrogens with one attached hydrogen (secondary N) is 1. The van der Waals surface area contributed by atoms with Crippen LogP contribution in [0.3, 0.4) is 0 Å². The first-order valence-corrected chi connectivity index (χ1v) is 9.57. The Morgan fingerprint density at radius 2 is 1.81 bits per heavy atom. The molecule has 0 fully saturated rings. The molecule has 0 aliphatic heterocycles. The molecule has 2 aromatic carbocycles. The lowest BCUT2D eigenvalue weighted by Gasteiger charge is -2.14. The monoisotopic (exact) mass is 450 g/mol. The molecule has 1 N–H and O–H groups in total. The lowest BCUT2D eigenvalue weighted by atomic mass is 10.2. The van der Waals surface area contributed by atoms with Crippen molar-refractivity contribution in [3.8, 4) is 5.69 Å². The Labute approximate surface area is 178 Å².